The number of alkyl carbamates (subject to hydrolysis) is 1. The maximum absolute atomic E-state index is 12.1. The molecule has 0 spiro atoms. The SMILES string of the molecule is C1CCC(NC2CCCCC2)CC1.C[C@H](NC(=O)OCc1ccccc1)C(=O)O[C@@H](Cc1ccccc1)C(=O)O. The van der Waals surface area contributed by atoms with Gasteiger partial charge in [-0.05, 0) is 43.7 Å². The maximum Gasteiger partial charge on any atom is 0.408 e. The summed E-state index contributed by atoms with van der Waals surface area (Å²) in [6.07, 6.45) is 12.5. The van der Waals surface area contributed by atoms with Crippen molar-refractivity contribution in [2.45, 2.75) is 108 Å². The van der Waals surface area contributed by atoms with Gasteiger partial charge in [0.1, 0.15) is 12.6 Å². The van der Waals surface area contributed by atoms with Crippen LogP contribution in [0.5, 0.6) is 0 Å². The van der Waals surface area contributed by atoms with Crippen molar-refractivity contribution in [1.82, 2.24) is 10.6 Å². The van der Waals surface area contributed by atoms with E-state index in [-0.39, 0.29) is 13.0 Å². The molecule has 2 atom stereocenters. The Bertz CT molecular complexity index is 1000. The molecule has 40 heavy (non-hydrogen) atoms. The van der Waals surface area contributed by atoms with Gasteiger partial charge in [-0.1, -0.05) is 99.2 Å². The van der Waals surface area contributed by atoms with Crippen LogP contribution in [-0.4, -0.2) is 47.4 Å². The molecule has 0 unspecified atom stereocenters. The number of nitrogens with one attached hydrogen (secondary N) is 2. The summed E-state index contributed by atoms with van der Waals surface area (Å²) in [4.78, 5) is 35.2. The molecule has 2 aromatic carbocycles. The zero-order valence-corrected chi connectivity index (χ0v) is 23.6. The van der Waals surface area contributed by atoms with E-state index in [1.807, 2.05) is 18.2 Å². The van der Waals surface area contributed by atoms with Crippen LogP contribution >= 0.6 is 0 Å². The minimum absolute atomic E-state index is 0.0348. The number of aliphatic carboxylic acids is 1. The molecule has 3 N–H and O–H groups in total. The third kappa shape index (κ3) is 11.8. The number of ether oxygens (including phenoxy) is 2. The highest BCUT2D eigenvalue weighted by Gasteiger charge is 2.27. The van der Waals surface area contributed by atoms with Crippen molar-refractivity contribution in [3.05, 3.63) is 71.8 Å². The number of rotatable bonds is 10. The molecule has 218 valence electrons. The molecule has 0 aromatic heterocycles. The van der Waals surface area contributed by atoms with E-state index in [2.05, 4.69) is 10.6 Å². The second-order valence-corrected chi connectivity index (χ2v) is 10.7. The lowest BCUT2D eigenvalue weighted by Crippen LogP contribution is -2.42. The number of carboxylic acid groups (broad SMARTS) is 1. The summed E-state index contributed by atoms with van der Waals surface area (Å²) >= 11 is 0. The standard InChI is InChI=1S/C20H21NO6.C12H23N/c1-14(21-20(25)26-13-16-10-6-3-7-11-16)19(24)27-17(18(22)23)12-15-8-4-2-5-9-15;1-3-7-11(8-4-1)13-12-9-5-2-6-10-12/h2-11,14,17H,12-13H2,1H3,(H,21,25)(H,22,23);11-13H,1-10H2/t14-,17-;/m0./s1. The fraction of sp³-hybridized carbons (Fsp3) is 0.531. The van der Waals surface area contributed by atoms with Crippen molar-refractivity contribution in [1.29, 1.82) is 0 Å². The first-order chi connectivity index (χ1) is 19.4. The summed E-state index contributed by atoms with van der Waals surface area (Å²) in [5.41, 5.74) is 1.53. The molecule has 4 rings (SSSR count). The summed E-state index contributed by atoms with van der Waals surface area (Å²) in [5, 5.41) is 15.5. The molecule has 0 radical (unpaired) electrons. The highest BCUT2D eigenvalue weighted by atomic mass is 16.6. The van der Waals surface area contributed by atoms with Crippen molar-refractivity contribution in [2.24, 2.45) is 0 Å². The average molecular weight is 553 g/mol. The second-order valence-electron chi connectivity index (χ2n) is 10.7. The van der Waals surface area contributed by atoms with Gasteiger partial charge in [-0.3, -0.25) is 0 Å². The Morgan fingerprint density at radius 2 is 1.30 bits per heavy atom. The minimum Gasteiger partial charge on any atom is -0.478 e. The van der Waals surface area contributed by atoms with Crippen LogP contribution in [0.25, 0.3) is 0 Å². The molecule has 0 saturated heterocycles. The molecule has 0 bridgehead atoms. The summed E-state index contributed by atoms with van der Waals surface area (Å²) < 4.78 is 10.1. The van der Waals surface area contributed by atoms with Crippen molar-refractivity contribution in [3.8, 4) is 0 Å². The average Bonchev–Trinajstić information content (AvgIpc) is 2.98. The Morgan fingerprint density at radius 1 is 0.800 bits per heavy atom. The van der Waals surface area contributed by atoms with Gasteiger partial charge in [0.15, 0.2) is 0 Å². The number of carbonyl (C=O) groups is 3. The Balaban J connectivity index is 0.000000281. The molecule has 2 aromatic rings. The van der Waals surface area contributed by atoms with Crippen LogP contribution < -0.4 is 10.6 Å². The van der Waals surface area contributed by atoms with Gasteiger partial charge in [-0.25, -0.2) is 14.4 Å². The van der Waals surface area contributed by atoms with E-state index in [0.29, 0.717) is 0 Å². The van der Waals surface area contributed by atoms with Crippen molar-refractivity contribution >= 4 is 18.0 Å². The predicted molar refractivity (Wildman–Crippen MR) is 154 cm³/mol. The highest BCUT2D eigenvalue weighted by molar-refractivity contribution is 5.83. The fourth-order valence-electron chi connectivity index (χ4n) is 5.12. The van der Waals surface area contributed by atoms with Crippen LogP contribution in [0.1, 0.15) is 82.3 Å². The summed E-state index contributed by atoms with van der Waals surface area (Å²) in [5.74, 6) is -2.11. The molecular formula is C32H44N2O6. The molecular weight excluding hydrogens is 508 g/mol. The third-order valence-electron chi connectivity index (χ3n) is 7.38. The number of benzene rings is 2. The van der Waals surface area contributed by atoms with Gasteiger partial charge in [0.25, 0.3) is 0 Å². The van der Waals surface area contributed by atoms with Gasteiger partial charge in [-0.2, -0.15) is 0 Å². The molecule has 2 aliphatic carbocycles. The van der Waals surface area contributed by atoms with Crippen LogP contribution in [0.15, 0.2) is 60.7 Å². The first-order valence-corrected chi connectivity index (χ1v) is 14.6. The lowest BCUT2D eigenvalue weighted by molar-refractivity contribution is -0.165. The number of carboxylic acids is 1. The van der Waals surface area contributed by atoms with Crippen LogP contribution in [0, 0.1) is 0 Å². The smallest absolute Gasteiger partial charge is 0.408 e. The first-order valence-electron chi connectivity index (χ1n) is 14.6. The van der Waals surface area contributed by atoms with Crippen LogP contribution in [-0.2, 0) is 32.1 Å². The normalized spacial score (nSPS) is 17.4. The molecule has 8 heteroatoms. The van der Waals surface area contributed by atoms with E-state index in [4.69, 9.17) is 9.47 Å². The monoisotopic (exact) mass is 552 g/mol. The molecule has 0 aliphatic heterocycles. The van der Waals surface area contributed by atoms with Crippen molar-refractivity contribution in [2.75, 3.05) is 0 Å². The van der Waals surface area contributed by atoms with Gasteiger partial charge in [-0.15, -0.1) is 0 Å². The summed E-state index contributed by atoms with van der Waals surface area (Å²) in [6.45, 7) is 1.45. The van der Waals surface area contributed by atoms with E-state index in [9.17, 15) is 19.5 Å². The number of hydrogen-bond donors (Lipinski definition) is 3. The van der Waals surface area contributed by atoms with E-state index in [1.165, 1.54) is 71.1 Å². The molecule has 0 heterocycles. The summed E-state index contributed by atoms with van der Waals surface area (Å²) in [6, 6.07) is 18.6. The second kappa shape index (κ2) is 17.3. The molecule has 2 fully saturated rings. The first kappa shape index (κ1) is 31.1. The van der Waals surface area contributed by atoms with Gasteiger partial charge >= 0.3 is 18.0 Å². The number of esters is 1. The number of hydrogen-bond acceptors (Lipinski definition) is 6. The van der Waals surface area contributed by atoms with E-state index in [1.54, 1.807) is 42.5 Å². The zero-order valence-electron chi connectivity index (χ0n) is 23.6. The Kier molecular flexibility index (Phi) is 13.5. The van der Waals surface area contributed by atoms with E-state index >= 15 is 0 Å². The Hall–Kier alpha value is -3.39. The van der Waals surface area contributed by atoms with Crippen LogP contribution in [0.4, 0.5) is 4.79 Å². The van der Waals surface area contributed by atoms with Crippen LogP contribution in [0.2, 0.25) is 0 Å². The van der Waals surface area contributed by atoms with Gasteiger partial charge in [0, 0.05) is 18.5 Å². The highest BCUT2D eigenvalue weighted by Crippen LogP contribution is 2.22. The largest absolute Gasteiger partial charge is 0.478 e. The maximum atomic E-state index is 12.1. The predicted octanol–water partition coefficient (Wildman–Crippen LogP) is 5.78. The number of carbonyl (C=O) groups excluding carboxylic acids is 2. The lowest BCUT2D eigenvalue weighted by atomic mass is 9.91. The van der Waals surface area contributed by atoms with Gasteiger partial charge < -0.3 is 25.2 Å². The molecule has 1 amide bonds. The van der Waals surface area contributed by atoms with E-state index < -0.39 is 30.2 Å². The third-order valence-corrected chi connectivity index (χ3v) is 7.38. The zero-order chi connectivity index (χ0) is 28.6. The topological polar surface area (TPSA) is 114 Å². The minimum atomic E-state index is -1.34. The Labute approximate surface area is 237 Å². The molecule has 8 nitrogen and oxygen atoms in total. The van der Waals surface area contributed by atoms with Gasteiger partial charge in [0.05, 0.1) is 0 Å². The fourth-order valence-corrected chi connectivity index (χ4v) is 5.12. The van der Waals surface area contributed by atoms with Gasteiger partial charge in [0.2, 0.25) is 6.10 Å². The quantitative estimate of drug-likeness (QED) is 0.320. The lowest BCUT2D eigenvalue weighted by Gasteiger charge is -2.30. The number of amides is 1. The molecule has 2 saturated carbocycles. The Morgan fingerprint density at radius 3 is 1.80 bits per heavy atom. The van der Waals surface area contributed by atoms with Crippen molar-refractivity contribution < 1.29 is 29.0 Å². The molecule has 2 aliphatic rings. The van der Waals surface area contributed by atoms with E-state index in [0.717, 1.165) is 23.2 Å². The van der Waals surface area contributed by atoms with Crippen molar-refractivity contribution in [3.63, 3.8) is 0 Å². The summed E-state index contributed by atoms with van der Waals surface area (Å²) in [7, 11) is 0. The van der Waals surface area contributed by atoms with Crippen LogP contribution in [0.3, 0.4) is 0 Å².